The van der Waals surface area contributed by atoms with Crippen molar-refractivity contribution in [1.82, 2.24) is 5.32 Å². The number of halogens is 3. The number of ether oxygens (including phenoxy) is 1. The number of aliphatic imine (C=N–C) groups is 1. The Balaban J connectivity index is 1.82. The molecule has 0 saturated carbocycles. The first-order valence-corrected chi connectivity index (χ1v) is 8.87. The first-order valence-electron chi connectivity index (χ1n) is 8.05. The maximum Gasteiger partial charge on any atom is 0.418 e. The van der Waals surface area contributed by atoms with Crippen LogP contribution < -0.4 is 10.1 Å². The summed E-state index contributed by atoms with van der Waals surface area (Å²) in [7, 11) is 0. The van der Waals surface area contributed by atoms with E-state index in [1.807, 2.05) is 6.92 Å². The number of nitrogens with one attached hydrogen (secondary N) is 1. The van der Waals surface area contributed by atoms with E-state index in [1.54, 1.807) is 30.3 Å². The lowest BCUT2D eigenvalue weighted by atomic mass is 10.2. The molecule has 1 aliphatic heterocycles. The van der Waals surface area contributed by atoms with Gasteiger partial charge in [0.25, 0.3) is 5.91 Å². The molecule has 0 aromatic heterocycles. The molecule has 2 aromatic rings. The van der Waals surface area contributed by atoms with Gasteiger partial charge in [0.15, 0.2) is 5.17 Å². The fourth-order valence-corrected chi connectivity index (χ4v) is 3.21. The van der Waals surface area contributed by atoms with Crippen molar-refractivity contribution in [3.63, 3.8) is 0 Å². The van der Waals surface area contributed by atoms with Gasteiger partial charge in [0.2, 0.25) is 0 Å². The van der Waals surface area contributed by atoms with E-state index in [2.05, 4.69) is 10.3 Å². The molecule has 0 atom stereocenters. The Labute approximate surface area is 158 Å². The lowest BCUT2D eigenvalue weighted by molar-refractivity contribution is -0.137. The summed E-state index contributed by atoms with van der Waals surface area (Å²) in [5.74, 6) is 0.311. The van der Waals surface area contributed by atoms with Gasteiger partial charge in [-0.05, 0) is 54.6 Å². The molecule has 8 heteroatoms. The predicted molar refractivity (Wildman–Crippen MR) is 99.9 cm³/mol. The van der Waals surface area contributed by atoms with Crippen LogP contribution in [0.2, 0.25) is 0 Å². The van der Waals surface area contributed by atoms with Gasteiger partial charge in [-0.3, -0.25) is 4.79 Å². The number of carbonyl (C=O) groups is 1. The number of para-hydroxylation sites is 1. The summed E-state index contributed by atoms with van der Waals surface area (Å²) >= 11 is 0.994. The van der Waals surface area contributed by atoms with Crippen LogP contribution >= 0.6 is 11.8 Å². The zero-order chi connectivity index (χ0) is 19.4. The van der Waals surface area contributed by atoms with Crippen molar-refractivity contribution in [3.8, 4) is 5.75 Å². The minimum atomic E-state index is -4.52. The van der Waals surface area contributed by atoms with E-state index in [1.165, 1.54) is 18.2 Å². The monoisotopic (exact) mass is 392 g/mol. The van der Waals surface area contributed by atoms with E-state index in [0.717, 1.165) is 23.4 Å². The number of thioether (sulfide) groups is 1. The maximum atomic E-state index is 13.1. The number of amides is 1. The highest BCUT2D eigenvalue weighted by Gasteiger charge is 2.34. The van der Waals surface area contributed by atoms with Crippen molar-refractivity contribution in [1.29, 1.82) is 0 Å². The van der Waals surface area contributed by atoms with Crippen LogP contribution in [0.4, 0.5) is 18.9 Å². The van der Waals surface area contributed by atoms with E-state index in [4.69, 9.17) is 4.74 Å². The first-order chi connectivity index (χ1) is 12.9. The summed E-state index contributed by atoms with van der Waals surface area (Å²) < 4.78 is 44.6. The van der Waals surface area contributed by atoms with E-state index >= 15 is 0 Å². The summed E-state index contributed by atoms with van der Waals surface area (Å²) in [5.41, 5.74) is -0.320. The van der Waals surface area contributed by atoms with E-state index in [0.29, 0.717) is 17.3 Å². The zero-order valence-electron chi connectivity index (χ0n) is 14.2. The van der Waals surface area contributed by atoms with Gasteiger partial charge in [-0.1, -0.05) is 24.3 Å². The summed E-state index contributed by atoms with van der Waals surface area (Å²) in [6.45, 7) is 2.44. The second kappa shape index (κ2) is 7.87. The molecular formula is C19H15F3N2O2S. The van der Waals surface area contributed by atoms with Crippen molar-refractivity contribution in [2.24, 2.45) is 4.99 Å². The fourth-order valence-electron chi connectivity index (χ4n) is 2.38. The molecule has 1 fully saturated rings. The Morgan fingerprint density at radius 2 is 1.85 bits per heavy atom. The lowest BCUT2D eigenvalue weighted by Crippen LogP contribution is -2.19. The number of alkyl halides is 3. The van der Waals surface area contributed by atoms with Crippen LogP contribution in [0.1, 0.15) is 18.1 Å². The molecule has 0 bridgehead atoms. The molecular weight excluding hydrogens is 377 g/mol. The number of carbonyl (C=O) groups excluding carboxylic acids is 1. The van der Waals surface area contributed by atoms with Gasteiger partial charge < -0.3 is 10.1 Å². The van der Waals surface area contributed by atoms with Crippen molar-refractivity contribution < 1.29 is 22.7 Å². The normalized spacial score (nSPS) is 17.4. The average Bonchev–Trinajstić information content (AvgIpc) is 2.95. The van der Waals surface area contributed by atoms with Crippen LogP contribution in [-0.4, -0.2) is 17.7 Å². The number of nitrogens with zero attached hydrogens (tertiary/aromatic N) is 1. The second-order valence-corrected chi connectivity index (χ2v) is 6.53. The number of benzene rings is 2. The van der Waals surface area contributed by atoms with Gasteiger partial charge in [0.1, 0.15) is 5.75 Å². The molecule has 0 unspecified atom stereocenters. The predicted octanol–water partition coefficient (Wildman–Crippen LogP) is 5.00. The Bertz CT molecular complexity index is 906. The standard InChI is InChI=1S/C19H15F3N2O2S/c1-2-26-13-9-7-12(8-10-13)11-16-17(25)24-18(27-16)23-15-6-4-3-5-14(15)19(20,21)22/h3-11H,2H2,1H3,(H,23,24,25). The van der Waals surface area contributed by atoms with Crippen LogP contribution in [0.25, 0.3) is 6.08 Å². The average molecular weight is 392 g/mol. The highest BCUT2D eigenvalue weighted by atomic mass is 32.2. The third-order valence-electron chi connectivity index (χ3n) is 3.57. The molecule has 0 aliphatic carbocycles. The number of hydrogen-bond acceptors (Lipinski definition) is 4. The Morgan fingerprint density at radius 1 is 1.15 bits per heavy atom. The van der Waals surface area contributed by atoms with Gasteiger partial charge in [0, 0.05) is 0 Å². The molecule has 3 rings (SSSR count). The summed E-state index contributed by atoms with van der Waals surface area (Å²) in [5, 5.41) is 2.60. The summed E-state index contributed by atoms with van der Waals surface area (Å²) in [4.78, 5) is 16.4. The molecule has 1 aliphatic rings. The van der Waals surface area contributed by atoms with E-state index in [9.17, 15) is 18.0 Å². The molecule has 1 heterocycles. The molecule has 0 radical (unpaired) electrons. The van der Waals surface area contributed by atoms with Crippen LogP contribution in [-0.2, 0) is 11.0 Å². The largest absolute Gasteiger partial charge is 0.494 e. The zero-order valence-corrected chi connectivity index (χ0v) is 15.0. The van der Waals surface area contributed by atoms with Crippen LogP contribution in [0.5, 0.6) is 5.75 Å². The molecule has 27 heavy (non-hydrogen) atoms. The molecule has 2 aromatic carbocycles. The minimum Gasteiger partial charge on any atom is -0.494 e. The number of rotatable bonds is 4. The van der Waals surface area contributed by atoms with Crippen LogP contribution in [0, 0.1) is 0 Å². The molecule has 1 N–H and O–H groups in total. The van der Waals surface area contributed by atoms with Gasteiger partial charge in [-0.2, -0.15) is 13.2 Å². The van der Waals surface area contributed by atoms with Crippen molar-refractivity contribution in [2.75, 3.05) is 6.61 Å². The second-order valence-electron chi connectivity index (χ2n) is 5.50. The van der Waals surface area contributed by atoms with E-state index in [-0.39, 0.29) is 10.9 Å². The highest BCUT2D eigenvalue weighted by Crippen LogP contribution is 2.37. The lowest BCUT2D eigenvalue weighted by Gasteiger charge is -2.09. The Morgan fingerprint density at radius 3 is 2.52 bits per heavy atom. The van der Waals surface area contributed by atoms with Crippen LogP contribution in [0.15, 0.2) is 58.4 Å². The summed E-state index contributed by atoms with van der Waals surface area (Å²) in [6.07, 6.45) is -2.87. The van der Waals surface area contributed by atoms with Crippen molar-refractivity contribution in [2.45, 2.75) is 13.1 Å². The quantitative estimate of drug-likeness (QED) is 0.746. The molecule has 140 valence electrons. The summed E-state index contributed by atoms with van der Waals surface area (Å²) in [6, 6.07) is 12.1. The third-order valence-corrected chi connectivity index (χ3v) is 4.48. The van der Waals surface area contributed by atoms with Crippen molar-refractivity contribution in [3.05, 3.63) is 64.6 Å². The Hall–Kier alpha value is -2.74. The minimum absolute atomic E-state index is 0.105. The molecule has 1 saturated heterocycles. The van der Waals surface area contributed by atoms with Gasteiger partial charge in [-0.15, -0.1) is 0 Å². The molecule has 0 spiro atoms. The smallest absolute Gasteiger partial charge is 0.418 e. The van der Waals surface area contributed by atoms with Gasteiger partial charge in [0.05, 0.1) is 22.8 Å². The van der Waals surface area contributed by atoms with Gasteiger partial charge in [-0.25, -0.2) is 4.99 Å². The van der Waals surface area contributed by atoms with E-state index < -0.39 is 17.6 Å². The fraction of sp³-hybridized carbons (Fsp3) is 0.158. The third kappa shape index (κ3) is 4.71. The molecule has 4 nitrogen and oxygen atoms in total. The SMILES string of the molecule is CCOc1ccc(C=C2SC(=Nc3ccccc3C(F)(F)F)NC2=O)cc1. The maximum absolute atomic E-state index is 13.1. The number of hydrogen-bond donors (Lipinski definition) is 1. The van der Waals surface area contributed by atoms with Crippen molar-refractivity contribution >= 4 is 34.6 Å². The first kappa shape index (κ1) is 19.0. The molecule has 1 amide bonds. The topological polar surface area (TPSA) is 50.7 Å². The van der Waals surface area contributed by atoms with Crippen LogP contribution in [0.3, 0.4) is 0 Å². The highest BCUT2D eigenvalue weighted by molar-refractivity contribution is 8.18. The number of amidine groups is 1. The Kier molecular flexibility index (Phi) is 5.55. The van der Waals surface area contributed by atoms with Gasteiger partial charge >= 0.3 is 6.18 Å².